The molecule has 1 aromatic heterocycles. The van der Waals surface area contributed by atoms with Crippen molar-refractivity contribution in [1.82, 2.24) is 0 Å². The first-order valence-electron chi connectivity index (χ1n) is 6.10. The molecule has 100 valence electrons. The number of benzene rings is 1. The average Bonchev–Trinajstić information content (AvgIpc) is 2.88. The number of rotatable bonds is 5. The van der Waals surface area contributed by atoms with E-state index in [1.54, 1.807) is 11.3 Å². The molecule has 4 heteroatoms. The Labute approximate surface area is 116 Å². The van der Waals surface area contributed by atoms with Crippen molar-refractivity contribution in [3.8, 4) is 0 Å². The number of carboxylic acid groups (broad SMARTS) is 1. The van der Waals surface area contributed by atoms with Gasteiger partial charge in [-0.2, -0.15) is 11.3 Å². The van der Waals surface area contributed by atoms with Crippen LogP contribution in [0.25, 0.3) is 0 Å². The number of carbonyl (C=O) groups is 1. The third-order valence-electron chi connectivity index (χ3n) is 3.41. The van der Waals surface area contributed by atoms with Crippen LogP contribution in [0.3, 0.4) is 0 Å². The van der Waals surface area contributed by atoms with Crippen LogP contribution in [0.5, 0.6) is 0 Å². The molecule has 0 saturated carbocycles. The molecule has 19 heavy (non-hydrogen) atoms. The van der Waals surface area contributed by atoms with E-state index in [1.165, 1.54) is 0 Å². The molecule has 3 N–H and O–H groups in total. The summed E-state index contributed by atoms with van der Waals surface area (Å²) in [5.74, 6) is -0.869. The number of hydrogen-bond donors (Lipinski definition) is 2. The van der Waals surface area contributed by atoms with Gasteiger partial charge in [-0.05, 0) is 41.3 Å². The van der Waals surface area contributed by atoms with Crippen molar-refractivity contribution in [3.63, 3.8) is 0 Å². The lowest BCUT2D eigenvalue weighted by molar-refractivity contribution is -0.143. The van der Waals surface area contributed by atoms with Crippen molar-refractivity contribution in [2.75, 3.05) is 6.54 Å². The topological polar surface area (TPSA) is 63.3 Å². The van der Waals surface area contributed by atoms with Gasteiger partial charge in [0.15, 0.2) is 0 Å². The molecule has 0 aliphatic heterocycles. The van der Waals surface area contributed by atoms with Crippen LogP contribution in [0, 0.1) is 6.92 Å². The number of aryl methyl sites for hydroxylation is 1. The van der Waals surface area contributed by atoms with Gasteiger partial charge in [-0.15, -0.1) is 0 Å². The number of thiophene rings is 1. The zero-order chi connectivity index (χ0) is 13.9. The standard InChI is InChI=1S/C15H17NO2S/c1-11-3-2-4-13(7-11)15(10-16,14(17)18)8-12-5-6-19-9-12/h2-7,9H,8,10,16H2,1H3,(H,17,18). The molecular formula is C15H17NO2S. The third-order valence-corrected chi connectivity index (χ3v) is 4.15. The Morgan fingerprint density at radius 1 is 1.42 bits per heavy atom. The molecule has 1 heterocycles. The fourth-order valence-corrected chi connectivity index (χ4v) is 2.93. The molecule has 1 aromatic carbocycles. The van der Waals surface area contributed by atoms with Gasteiger partial charge < -0.3 is 10.8 Å². The lowest BCUT2D eigenvalue weighted by Gasteiger charge is -2.28. The molecule has 0 bridgehead atoms. The minimum atomic E-state index is -1.05. The number of carboxylic acids is 1. The first-order chi connectivity index (χ1) is 9.08. The van der Waals surface area contributed by atoms with Crippen molar-refractivity contribution < 1.29 is 9.90 Å². The van der Waals surface area contributed by atoms with E-state index < -0.39 is 11.4 Å². The van der Waals surface area contributed by atoms with E-state index in [4.69, 9.17) is 5.73 Å². The fourth-order valence-electron chi connectivity index (χ4n) is 2.26. The summed E-state index contributed by atoms with van der Waals surface area (Å²) in [6, 6.07) is 9.55. The first kappa shape index (κ1) is 13.8. The van der Waals surface area contributed by atoms with Crippen molar-refractivity contribution in [1.29, 1.82) is 0 Å². The molecule has 2 rings (SSSR count). The lowest BCUT2D eigenvalue weighted by Crippen LogP contribution is -2.44. The van der Waals surface area contributed by atoms with Gasteiger partial charge in [0.2, 0.25) is 0 Å². The number of hydrogen-bond acceptors (Lipinski definition) is 3. The van der Waals surface area contributed by atoms with E-state index in [0.717, 1.165) is 16.7 Å². The van der Waals surface area contributed by atoms with E-state index in [2.05, 4.69) is 0 Å². The van der Waals surface area contributed by atoms with Gasteiger partial charge in [-0.25, -0.2) is 0 Å². The second-order valence-corrected chi connectivity index (χ2v) is 5.55. The Kier molecular flexibility index (Phi) is 4.02. The normalized spacial score (nSPS) is 14.0. The number of nitrogens with two attached hydrogens (primary N) is 1. The van der Waals surface area contributed by atoms with E-state index in [9.17, 15) is 9.90 Å². The average molecular weight is 275 g/mol. The predicted octanol–water partition coefficient (Wildman–Crippen LogP) is 2.58. The van der Waals surface area contributed by atoms with Gasteiger partial charge in [0, 0.05) is 6.54 Å². The van der Waals surface area contributed by atoms with Gasteiger partial charge in [0.25, 0.3) is 0 Å². The molecule has 0 fully saturated rings. The molecule has 0 spiro atoms. The summed E-state index contributed by atoms with van der Waals surface area (Å²) < 4.78 is 0. The van der Waals surface area contributed by atoms with Crippen LogP contribution in [-0.2, 0) is 16.6 Å². The highest BCUT2D eigenvalue weighted by Gasteiger charge is 2.39. The van der Waals surface area contributed by atoms with Crippen LogP contribution in [-0.4, -0.2) is 17.6 Å². The maximum atomic E-state index is 11.8. The van der Waals surface area contributed by atoms with Gasteiger partial charge in [0.05, 0.1) is 0 Å². The minimum Gasteiger partial charge on any atom is -0.481 e. The molecular weight excluding hydrogens is 258 g/mol. The third kappa shape index (κ3) is 2.69. The van der Waals surface area contributed by atoms with E-state index in [0.29, 0.717) is 6.42 Å². The Morgan fingerprint density at radius 2 is 2.21 bits per heavy atom. The Bertz CT molecular complexity index is 565. The maximum Gasteiger partial charge on any atom is 0.315 e. The molecule has 1 atom stereocenters. The van der Waals surface area contributed by atoms with E-state index in [-0.39, 0.29) is 6.54 Å². The molecule has 0 radical (unpaired) electrons. The summed E-state index contributed by atoms with van der Waals surface area (Å²) in [5, 5.41) is 13.6. The zero-order valence-corrected chi connectivity index (χ0v) is 11.6. The Hall–Kier alpha value is -1.65. The molecule has 0 aliphatic carbocycles. The van der Waals surface area contributed by atoms with Crippen molar-refractivity contribution in [2.45, 2.75) is 18.8 Å². The summed E-state index contributed by atoms with van der Waals surface area (Å²) in [7, 11) is 0. The monoisotopic (exact) mass is 275 g/mol. The SMILES string of the molecule is Cc1cccc(C(CN)(Cc2ccsc2)C(=O)O)c1. The maximum absolute atomic E-state index is 11.8. The molecule has 0 saturated heterocycles. The fraction of sp³-hybridized carbons (Fsp3) is 0.267. The molecule has 0 aliphatic rings. The highest BCUT2D eigenvalue weighted by atomic mass is 32.1. The first-order valence-corrected chi connectivity index (χ1v) is 7.04. The lowest BCUT2D eigenvalue weighted by atomic mass is 9.75. The Morgan fingerprint density at radius 3 is 2.74 bits per heavy atom. The molecule has 1 unspecified atom stereocenters. The second-order valence-electron chi connectivity index (χ2n) is 4.77. The number of aliphatic carboxylic acids is 1. The minimum absolute atomic E-state index is 0.0850. The summed E-state index contributed by atoms with van der Waals surface area (Å²) in [4.78, 5) is 11.8. The van der Waals surface area contributed by atoms with Gasteiger partial charge in [-0.3, -0.25) is 4.79 Å². The quantitative estimate of drug-likeness (QED) is 0.881. The van der Waals surface area contributed by atoms with Crippen molar-refractivity contribution >= 4 is 17.3 Å². The largest absolute Gasteiger partial charge is 0.481 e. The van der Waals surface area contributed by atoms with E-state index in [1.807, 2.05) is 48.0 Å². The summed E-state index contributed by atoms with van der Waals surface area (Å²) in [6.45, 7) is 2.04. The zero-order valence-electron chi connectivity index (χ0n) is 10.8. The summed E-state index contributed by atoms with van der Waals surface area (Å²) in [5.41, 5.74) is 7.61. The van der Waals surface area contributed by atoms with Crippen LogP contribution >= 0.6 is 11.3 Å². The second kappa shape index (κ2) is 5.55. The van der Waals surface area contributed by atoms with Gasteiger partial charge >= 0.3 is 5.97 Å². The van der Waals surface area contributed by atoms with Crippen LogP contribution in [0.1, 0.15) is 16.7 Å². The Balaban J connectivity index is 2.47. The van der Waals surface area contributed by atoms with Crippen molar-refractivity contribution in [3.05, 3.63) is 57.8 Å². The van der Waals surface area contributed by atoms with Crippen LogP contribution in [0.15, 0.2) is 41.1 Å². The highest BCUT2D eigenvalue weighted by molar-refractivity contribution is 7.07. The smallest absolute Gasteiger partial charge is 0.315 e. The molecule has 3 nitrogen and oxygen atoms in total. The summed E-state index contributed by atoms with van der Waals surface area (Å²) >= 11 is 1.57. The van der Waals surface area contributed by atoms with Crippen LogP contribution in [0.2, 0.25) is 0 Å². The van der Waals surface area contributed by atoms with Crippen molar-refractivity contribution in [2.24, 2.45) is 5.73 Å². The highest BCUT2D eigenvalue weighted by Crippen LogP contribution is 2.29. The van der Waals surface area contributed by atoms with Gasteiger partial charge in [-0.1, -0.05) is 29.8 Å². The van der Waals surface area contributed by atoms with Crippen LogP contribution in [0.4, 0.5) is 0 Å². The summed E-state index contributed by atoms with van der Waals surface area (Å²) in [6.07, 6.45) is 0.422. The molecule has 2 aromatic rings. The van der Waals surface area contributed by atoms with E-state index >= 15 is 0 Å². The van der Waals surface area contributed by atoms with Gasteiger partial charge in [0.1, 0.15) is 5.41 Å². The molecule has 0 amide bonds. The predicted molar refractivity (Wildman–Crippen MR) is 77.6 cm³/mol. The van der Waals surface area contributed by atoms with Crippen LogP contribution < -0.4 is 5.73 Å².